The Kier molecular flexibility index (Phi) is 7.99. The molecule has 4 nitrogen and oxygen atoms in total. The molecule has 0 aromatic rings. The molecule has 0 spiro atoms. The molecule has 0 radical (unpaired) electrons. The second kappa shape index (κ2) is 8.96. The summed E-state index contributed by atoms with van der Waals surface area (Å²) in [6, 6.07) is 0.338. The van der Waals surface area contributed by atoms with Crippen LogP contribution in [0.4, 0.5) is 0 Å². The number of hydrogen-bond donors (Lipinski definition) is 1. The summed E-state index contributed by atoms with van der Waals surface area (Å²) in [5.41, 5.74) is 0. The van der Waals surface area contributed by atoms with Crippen LogP contribution < -0.4 is 5.32 Å². The topological polar surface area (TPSA) is 41.6 Å². The van der Waals surface area contributed by atoms with Gasteiger partial charge in [-0.15, -0.1) is 12.4 Å². The van der Waals surface area contributed by atoms with Gasteiger partial charge in [0.15, 0.2) is 0 Å². The number of carbonyl (C=O) groups is 1. The van der Waals surface area contributed by atoms with Crippen molar-refractivity contribution in [1.82, 2.24) is 10.2 Å². The van der Waals surface area contributed by atoms with E-state index in [1.165, 1.54) is 12.8 Å². The lowest BCUT2D eigenvalue weighted by atomic mass is 9.88. The van der Waals surface area contributed by atoms with Crippen LogP contribution in [0, 0.1) is 5.92 Å². The number of amides is 1. The lowest BCUT2D eigenvalue weighted by Crippen LogP contribution is -2.46. The average Bonchev–Trinajstić information content (AvgIpc) is 2.97. The monoisotopic (exact) mass is 318 g/mol. The van der Waals surface area contributed by atoms with Gasteiger partial charge in [0.1, 0.15) is 6.10 Å². The van der Waals surface area contributed by atoms with Gasteiger partial charge in [0.2, 0.25) is 0 Å². The summed E-state index contributed by atoms with van der Waals surface area (Å²) < 4.78 is 6.14. The molecule has 5 heteroatoms. The van der Waals surface area contributed by atoms with E-state index in [4.69, 9.17) is 4.74 Å². The van der Waals surface area contributed by atoms with Crippen LogP contribution in [0.25, 0.3) is 0 Å². The number of halogens is 1. The van der Waals surface area contributed by atoms with Gasteiger partial charge >= 0.3 is 0 Å². The van der Waals surface area contributed by atoms with E-state index in [2.05, 4.69) is 19.2 Å². The number of nitrogens with zero attached hydrogens (tertiary/aromatic N) is 1. The van der Waals surface area contributed by atoms with Crippen molar-refractivity contribution in [1.29, 1.82) is 0 Å². The molecule has 1 heterocycles. The third-order valence-electron chi connectivity index (χ3n) is 4.82. The molecular formula is C16H31ClN2O2. The first-order chi connectivity index (χ1) is 9.61. The molecule has 2 rings (SSSR count). The highest BCUT2D eigenvalue weighted by Crippen LogP contribution is 2.27. The number of rotatable bonds is 5. The molecule has 1 saturated heterocycles. The van der Waals surface area contributed by atoms with Gasteiger partial charge in [-0.2, -0.15) is 0 Å². The van der Waals surface area contributed by atoms with Crippen molar-refractivity contribution >= 4 is 18.3 Å². The highest BCUT2D eigenvalue weighted by Gasteiger charge is 2.31. The minimum Gasteiger partial charge on any atom is -0.365 e. The first kappa shape index (κ1) is 18.7. The van der Waals surface area contributed by atoms with Gasteiger partial charge in [0.05, 0.1) is 6.10 Å². The summed E-state index contributed by atoms with van der Waals surface area (Å²) in [6.45, 7) is 6.27. The third-order valence-corrected chi connectivity index (χ3v) is 4.82. The SMILES string of the molecule is CCC(OC1CCCC(C)C1)C(=O)N(C)C1CCNC1.Cl. The Hall–Kier alpha value is -0.320. The molecule has 4 unspecified atom stereocenters. The quantitative estimate of drug-likeness (QED) is 0.847. The Bertz CT molecular complexity index is 321. The highest BCUT2D eigenvalue weighted by atomic mass is 35.5. The maximum Gasteiger partial charge on any atom is 0.251 e. The van der Waals surface area contributed by atoms with E-state index < -0.39 is 0 Å². The van der Waals surface area contributed by atoms with Crippen molar-refractivity contribution in [3.8, 4) is 0 Å². The van der Waals surface area contributed by atoms with Crippen molar-refractivity contribution in [2.45, 2.75) is 70.6 Å². The predicted molar refractivity (Wildman–Crippen MR) is 87.9 cm³/mol. The van der Waals surface area contributed by atoms with Gasteiger partial charge in [0, 0.05) is 19.6 Å². The van der Waals surface area contributed by atoms with Crippen LogP contribution in [0.5, 0.6) is 0 Å². The molecule has 4 atom stereocenters. The zero-order chi connectivity index (χ0) is 14.5. The molecule has 124 valence electrons. The van der Waals surface area contributed by atoms with Crippen LogP contribution in [-0.4, -0.2) is 49.2 Å². The van der Waals surface area contributed by atoms with Gasteiger partial charge < -0.3 is 15.0 Å². The second-order valence-corrected chi connectivity index (χ2v) is 6.52. The third kappa shape index (κ3) is 5.11. The van der Waals surface area contributed by atoms with Crippen LogP contribution in [0.1, 0.15) is 52.4 Å². The second-order valence-electron chi connectivity index (χ2n) is 6.52. The Labute approximate surface area is 135 Å². The van der Waals surface area contributed by atoms with Crippen molar-refractivity contribution in [2.75, 3.05) is 20.1 Å². The number of hydrogen-bond acceptors (Lipinski definition) is 3. The first-order valence-electron chi connectivity index (χ1n) is 8.24. The van der Waals surface area contributed by atoms with E-state index in [9.17, 15) is 4.79 Å². The number of ether oxygens (including phenoxy) is 1. The van der Waals surface area contributed by atoms with Gasteiger partial charge in [-0.1, -0.05) is 26.7 Å². The van der Waals surface area contributed by atoms with E-state index in [-0.39, 0.29) is 30.5 Å². The molecule has 1 aliphatic heterocycles. The van der Waals surface area contributed by atoms with Crippen LogP contribution in [-0.2, 0) is 9.53 Å². The van der Waals surface area contributed by atoms with Crippen molar-refractivity contribution in [3.05, 3.63) is 0 Å². The zero-order valence-electron chi connectivity index (χ0n) is 13.6. The normalized spacial score (nSPS) is 30.5. The van der Waals surface area contributed by atoms with E-state index >= 15 is 0 Å². The Morgan fingerprint density at radius 3 is 2.71 bits per heavy atom. The van der Waals surface area contributed by atoms with Gasteiger partial charge in [-0.3, -0.25) is 4.79 Å². The number of carbonyl (C=O) groups excluding carboxylic acids is 1. The van der Waals surface area contributed by atoms with E-state index in [1.54, 1.807) is 0 Å². The standard InChI is InChI=1S/C16H30N2O2.ClH/c1-4-15(20-14-7-5-6-12(2)10-14)16(19)18(3)13-8-9-17-11-13;/h12-15,17H,4-11H2,1-3H3;1H. The first-order valence-corrected chi connectivity index (χ1v) is 8.24. The molecule has 0 aromatic carbocycles. The number of likely N-dealkylation sites (N-methyl/N-ethyl adjacent to an activating group) is 1. The van der Waals surface area contributed by atoms with Crippen LogP contribution in [0.2, 0.25) is 0 Å². The van der Waals surface area contributed by atoms with Crippen molar-refractivity contribution in [2.24, 2.45) is 5.92 Å². The maximum absolute atomic E-state index is 12.6. The van der Waals surface area contributed by atoms with Crippen molar-refractivity contribution in [3.63, 3.8) is 0 Å². The lowest BCUT2D eigenvalue weighted by Gasteiger charge is -2.33. The highest BCUT2D eigenvalue weighted by molar-refractivity contribution is 5.85. The summed E-state index contributed by atoms with van der Waals surface area (Å²) in [7, 11) is 1.93. The smallest absolute Gasteiger partial charge is 0.251 e. The van der Waals surface area contributed by atoms with Crippen LogP contribution >= 0.6 is 12.4 Å². The molecule has 0 bridgehead atoms. The van der Waals surface area contributed by atoms with E-state index in [0.29, 0.717) is 6.04 Å². The lowest BCUT2D eigenvalue weighted by molar-refractivity contribution is -0.150. The molecule has 1 amide bonds. The van der Waals surface area contributed by atoms with Crippen LogP contribution in [0.3, 0.4) is 0 Å². The number of nitrogens with one attached hydrogen (secondary N) is 1. The molecule has 21 heavy (non-hydrogen) atoms. The van der Waals surface area contributed by atoms with Gasteiger partial charge in [-0.25, -0.2) is 0 Å². The Balaban J connectivity index is 0.00000220. The molecule has 1 aliphatic carbocycles. The predicted octanol–water partition coefficient (Wildman–Crippen LogP) is 2.60. The Morgan fingerprint density at radius 2 is 2.14 bits per heavy atom. The largest absolute Gasteiger partial charge is 0.365 e. The van der Waals surface area contributed by atoms with Crippen LogP contribution in [0.15, 0.2) is 0 Å². The molecular weight excluding hydrogens is 288 g/mol. The zero-order valence-corrected chi connectivity index (χ0v) is 14.5. The van der Waals surface area contributed by atoms with E-state index in [1.807, 2.05) is 11.9 Å². The fourth-order valence-corrected chi connectivity index (χ4v) is 3.44. The molecule has 1 N–H and O–H groups in total. The Morgan fingerprint density at radius 1 is 1.38 bits per heavy atom. The maximum atomic E-state index is 12.6. The fraction of sp³-hybridized carbons (Fsp3) is 0.938. The summed E-state index contributed by atoms with van der Waals surface area (Å²) in [5.74, 6) is 0.901. The fourth-order valence-electron chi connectivity index (χ4n) is 3.44. The van der Waals surface area contributed by atoms with Gasteiger partial charge in [-0.05, 0) is 38.1 Å². The molecule has 0 aromatic heterocycles. The van der Waals surface area contributed by atoms with Crippen molar-refractivity contribution < 1.29 is 9.53 Å². The van der Waals surface area contributed by atoms with Gasteiger partial charge in [0.25, 0.3) is 5.91 Å². The summed E-state index contributed by atoms with van der Waals surface area (Å²) in [6.07, 6.45) is 6.62. The summed E-state index contributed by atoms with van der Waals surface area (Å²) in [4.78, 5) is 14.5. The molecule has 2 fully saturated rings. The average molecular weight is 319 g/mol. The summed E-state index contributed by atoms with van der Waals surface area (Å²) >= 11 is 0. The molecule has 2 aliphatic rings. The summed E-state index contributed by atoms with van der Waals surface area (Å²) in [5, 5.41) is 3.32. The minimum atomic E-state index is -0.254. The van der Waals surface area contributed by atoms with E-state index in [0.717, 1.165) is 44.7 Å². The minimum absolute atomic E-state index is 0. The molecule has 1 saturated carbocycles.